The van der Waals surface area contributed by atoms with Gasteiger partial charge in [-0.3, -0.25) is 4.79 Å². The van der Waals surface area contributed by atoms with Gasteiger partial charge in [0.05, 0.1) is 16.1 Å². The van der Waals surface area contributed by atoms with Crippen LogP contribution in [-0.2, 0) is 26.0 Å². The first-order valence-electron chi connectivity index (χ1n) is 13.5. The molecule has 1 aliphatic carbocycles. The van der Waals surface area contributed by atoms with E-state index in [1.165, 1.54) is 19.2 Å². The van der Waals surface area contributed by atoms with Crippen molar-refractivity contribution in [2.45, 2.75) is 74.3 Å². The van der Waals surface area contributed by atoms with Crippen LogP contribution in [0.15, 0.2) is 41.3 Å². The first-order valence-corrected chi connectivity index (χ1v) is 15.0. The highest BCUT2D eigenvalue weighted by Crippen LogP contribution is 2.31. The van der Waals surface area contributed by atoms with Crippen molar-refractivity contribution in [3.63, 3.8) is 0 Å². The van der Waals surface area contributed by atoms with Gasteiger partial charge in [-0.1, -0.05) is 37.8 Å². The molecule has 218 valence electrons. The number of aryl methyl sites for hydroxylation is 1. The van der Waals surface area contributed by atoms with Gasteiger partial charge in [0.25, 0.3) is 15.9 Å². The van der Waals surface area contributed by atoms with Crippen molar-refractivity contribution >= 4 is 21.6 Å². The average molecular weight is 577 g/mol. The van der Waals surface area contributed by atoms with E-state index in [4.69, 9.17) is 4.74 Å². The van der Waals surface area contributed by atoms with Crippen molar-refractivity contribution in [3.8, 4) is 6.07 Å². The van der Waals surface area contributed by atoms with E-state index < -0.39 is 32.2 Å². The maximum Gasteiger partial charge on any atom is 0.265 e. The minimum atomic E-state index is -4.48. The molecular weight excluding hydrogens is 538 g/mol. The molecule has 40 heavy (non-hydrogen) atoms. The quantitative estimate of drug-likeness (QED) is 0.351. The Kier molecular flexibility index (Phi) is 11.0. The Bertz CT molecular complexity index is 1300. The van der Waals surface area contributed by atoms with Crippen LogP contribution in [0.1, 0.15) is 62.5 Å². The molecule has 0 spiro atoms. The first kappa shape index (κ1) is 31.5. The lowest BCUT2D eigenvalue weighted by Gasteiger charge is -2.29. The van der Waals surface area contributed by atoms with Crippen LogP contribution in [0.5, 0.6) is 0 Å². The summed E-state index contributed by atoms with van der Waals surface area (Å²) >= 11 is 0. The van der Waals surface area contributed by atoms with Crippen LogP contribution in [0, 0.1) is 23.0 Å². The summed E-state index contributed by atoms with van der Waals surface area (Å²) in [5.74, 6) is -2.04. The molecule has 1 saturated carbocycles. The molecule has 1 atom stereocenters. The van der Waals surface area contributed by atoms with E-state index in [2.05, 4.69) is 10.0 Å². The fraction of sp³-hybridized carbons (Fsp3) is 0.517. The molecule has 1 fully saturated rings. The van der Waals surface area contributed by atoms with Gasteiger partial charge in [0.1, 0.15) is 23.3 Å². The van der Waals surface area contributed by atoms with Gasteiger partial charge in [-0.2, -0.15) is 5.26 Å². The van der Waals surface area contributed by atoms with Gasteiger partial charge < -0.3 is 15.0 Å². The lowest BCUT2D eigenvalue weighted by Crippen LogP contribution is -2.49. The van der Waals surface area contributed by atoms with E-state index >= 15 is 4.39 Å². The van der Waals surface area contributed by atoms with Gasteiger partial charge >= 0.3 is 0 Å². The molecule has 2 N–H and O–H groups in total. The summed E-state index contributed by atoms with van der Waals surface area (Å²) in [6.07, 6.45) is 5.86. The van der Waals surface area contributed by atoms with Crippen molar-refractivity contribution in [1.82, 2.24) is 9.62 Å². The van der Waals surface area contributed by atoms with E-state index in [1.807, 2.05) is 25.1 Å². The number of nitrogens with one attached hydrogen (secondary N) is 2. The van der Waals surface area contributed by atoms with Crippen LogP contribution < -0.4 is 10.0 Å². The van der Waals surface area contributed by atoms with Crippen LogP contribution >= 0.6 is 0 Å². The molecule has 0 aromatic heterocycles. The van der Waals surface area contributed by atoms with E-state index in [-0.39, 0.29) is 23.1 Å². The van der Waals surface area contributed by atoms with Crippen molar-refractivity contribution in [3.05, 3.63) is 59.2 Å². The van der Waals surface area contributed by atoms with Crippen LogP contribution in [0.2, 0.25) is 0 Å². The summed E-state index contributed by atoms with van der Waals surface area (Å²) in [7, 11) is 0.730. The second kappa shape index (κ2) is 14.0. The molecule has 0 unspecified atom stereocenters. The number of nitriles is 1. The van der Waals surface area contributed by atoms with E-state index in [9.17, 15) is 22.9 Å². The number of sulfonamides is 1. The molecule has 0 radical (unpaired) electrons. The minimum absolute atomic E-state index is 0.104. The van der Waals surface area contributed by atoms with Crippen molar-refractivity contribution in [2.75, 3.05) is 33.1 Å². The van der Waals surface area contributed by atoms with Gasteiger partial charge in [-0.25, -0.2) is 21.9 Å². The van der Waals surface area contributed by atoms with Crippen molar-refractivity contribution in [1.29, 1.82) is 5.26 Å². The van der Waals surface area contributed by atoms with Crippen LogP contribution in [-0.4, -0.2) is 58.6 Å². The lowest BCUT2D eigenvalue weighted by atomic mass is 9.93. The maximum atomic E-state index is 15.4. The standard InChI is InChI=1S/C29H38F2N4O4S/c1-35(2)17-14-24(13-10-21-8-11-23(30)12-9-21)33-27-22(20-32)18-25(19-26(27)31)40(37,38)34-28(36)29(39-3)15-6-4-5-7-16-29/h8-9,11-12,18-19,24,33H,4-7,10,13-17H2,1-3H3,(H,34,36)/t24-/m0/s1. The Balaban J connectivity index is 1.83. The smallest absolute Gasteiger partial charge is 0.265 e. The number of anilines is 1. The van der Waals surface area contributed by atoms with Gasteiger partial charge in [-0.05, 0) is 82.6 Å². The monoisotopic (exact) mass is 576 g/mol. The number of carbonyl (C=O) groups is 1. The zero-order chi connectivity index (χ0) is 29.3. The number of carbonyl (C=O) groups excluding carboxylic acids is 1. The molecule has 0 heterocycles. The number of benzene rings is 2. The van der Waals surface area contributed by atoms with E-state index in [0.29, 0.717) is 38.6 Å². The molecule has 1 amide bonds. The van der Waals surface area contributed by atoms with Gasteiger partial charge in [0.2, 0.25) is 0 Å². The summed E-state index contributed by atoms with van der Waals surface area (Å²) in [5, 5.41) is 12.9. The Hall–Kier alpha value is -3.07. The zero-order valence-corrected chi connectivity index (χ0v) is 24.1. The Labute approximate surface area is 235 Å². The molecule has 2 aromatic rings. The van der Waals surface area contributed by atoms with Crippen LogP contribution in [0.25, 0.3) is 0 Å². The van der Waals surface area contributed by atoms with Gasteiger partial charge in [-0.15, -0.1) is 0 Å². The molecule has 0 aliphatic heterocycles. The maximum absolute atomic E-state index is 15.4. The summed E-state index contributed by atoms with van der Waals surface area (Å²) in [4.78, 5) is 14.5. The number of hydrogen-bond acceptors (Lipinski definition) is 7. The molecule has 0 saturated heterocycles. The van der Waals surface area contributed by atoms with E-state index in [1.54, 1.807) is 12.1 Å². The largest absolute Gasteiger partial charge is 0.379 e. The molecule has 0 bridgehead atoms. The lowest BCUT2D eigenvalue weighted by molar-refractivity contribution is -0.143. The Morgan fingerprint density at radius 1 is 1.10 bits per heavy atom. The van der Waals surface area contributed by atoms with Crippen molar-refractivity contribution in [2.24, 2.45) is 0 Å². The predicted octanol–water partition coefficient (Wildman–Crippen LogP) is 4.75. The third-order valence-electron chi connectivity index (χ3n) is 7.41. The SMILES string of the molecule is COC1(C(=O)NS(=O)(=O)c2cc(F)c(N[C@@H](CCc3ccc(F)cc3)CCN(C)C)c(C#N)c2)CCCCCC1. The third kappa shape index (κ3) is 8.22. The van der Waals surface area contributed by atoms with Crippen LogP contribution in [0.4, 0.5) is 14.5 Å². The number of hydrogen-bond donors (Lipinski definition) is 2. The molecular formula is C29H38F2N4O4S. The molecule has 3 rings (SSSR count). The molecule has 11 heteroatoms. The second-order valence-corrected chi connectivity index (χ2v) is 12.3. The number of amides is 1. The average Bonchev–Trinajstić information content (AvgIpc) is 3.18. The number of nitrogens with zero attached hydrogens (tertiary/aromatic N) is 2. The second-order valence-electron chi connectivity index (χ2n) is 10.6. The topological polar surface area (TPSA) is 112 Å². The summed E-state index contributed by atoms with van der Waals surface area (Å²) in [6, 6.07) is 9.66. The number of methoxy groups -OCH3 is 1. The van der Waals surface area contributed by atoms with Gasteiger partial charge in [0.15, 0.2) is 0 Å². The molecule has 1 aliphatic rings. The predicted molar refractivity (Wildman–Crippen MR) is 149 cm³/mol. The minimum Gasteiger partial charge on any atom is -0.379 e. The van der Waals surface area contributed by atoms with Crippen molar-refractivity contribution < 1.29 is 26.7 Å². The normalized spacial score (nSPS) is 16.1. The fourth-order valence-electron chi connectivity index (χ4n) is 4.97. The summed E-state index contributed by atoms with van der Waals surface area (Å²) in [5.41, 5.74) is -0.655. The third-order valence-corrected chi connectivity index (χ3v) is 8.72. The Morgan fingerprint density at radius 3 is 2.33 bits per heavy atom. The number of ether oxygens (including phenoxy) is 1. The molecule has 2 aromatic carbocycles. The highest BCUT2D eigenvalue weighted by molar-refractivity contribution is 7.90. The highest BCUT2D eigenvalue weighted by Gasteiger charge is 2.41. The summed E-state index contributed by atoms with van der Waals surface area (Å²) in [6.45, 7) is 0.685. The van der Waals surface area contributed by atoms with E-state index in [0.717, 1.165) is 43.4 Å². The Morgan fingerprint density at radius 2 is 1.75 bits per heavy atom. The molecule has 8 nitrogen and oxygen atoms in total. The fourth-order valence-corrected chi connectivity index (χ4v) is 6.05. The van der Waals surface area contributed by atoms with Crippen LogP contribution in [0.3, 0.4) is 0 Å². The highest BCUT2D eigenvalue weighted by atomic mass is 32.2. The number of halogens is 2. The number of rotatable bonds is 12. The summed E-state index contributed by atoms with van der Waals surface area (Å²) < 4.78 is 62.5. The first-order chi connectivity index (χ1) is 19.0. The van der Waals surface area contributed by atoms with Gasteiger partial charge in [0, 0.05) is 13.2 Å². The zero-order valence-electron chi connectivity index (χ0n) is 23.3.